The van der Waals surface area contributed by atoms with Crippen LogP contribution in [0.2, 0.25) is 0 Å². The summed E-state index contributed by atoms with van der Waals surface area (Å²) >= 11 is 4.19. The smallest absolute Gasteiger partial charge is 0.00489 e. The van der Waals surface area contributed by atoms with Crippen LogP contribution in [0.1, 0.15) is 51.9 Å². The van der Waals surface area contributed by atoms with Gasteiger partial charge in [-0.05, 0) is 38.1 Å². The lowest BCUT2D eigenvalue weighted by atomic mass is 10.2. The van der Waals surface area contributed by atoms with Crippen LogP contribution in [0.15, 0.2) is 0 Å². The van der Waals surface area contributed by atoms with Gasteiger partial charge >= 0.3 is 0 Å². The molecule has 0 heterocycles. The molecule has 13 heavy (non-hydrogen) atoms. The molecule has 0 aromatic heterocycles. The standard InChI is InChI=1S/C11H25NS/c1-2-3-6-9-12-10-7-4-5-8-11-13/h12-13H,2-11H2,1H3. The van der Waals surface area contributed by atoms with Crippen LogP contribution in [-0.2, 0) is 0 Å². The van der Waals surface area contributed by atoms with Gasteiger partial charge in [0.05, 0.1) is 0 Å². The largest absolute Gasteiger partial charge is 0.317 e. The van der Waals surface area contributed by atoms with Crippen LogP contribution in [0.3, 0.4) is 0 Å². The Balaban J connectivity index is 2.76. The maximum atomic E-state index is 4.19. The van der Waals surface area contributed by atoms with Crippen molar-refractivity contribution in [3.63, 3.8) is 0 Å². The topological polar surface area (TPSA) is 12.0 Å². The minimum atomic E-state index is 1.05. The van der Waals surface area contributed by atoms with Gasteiger partial charge in [0.15, 0.2) is 0 Å². The van der Waals surface area contributed by atoms with Gasteiger partial charge in [-0.15, -0.1) is 0 Å². The van der Waals surface area contributed by atoms with Gasteiger partial charge in [0.25, 0.3) is 0 Å². The van der Waals surface area contributed by atoms with E-state index < -0.39 is 0 Å². The lowest BCUT2D eigenvalue weighted by molar-refractivity contribution is 0.573. The summed E-state index contributed by atoms with van der Waals surface area (Å²) < 4.78 is 0. The van der Waals surface area contributed by atoms with Crippen molar-refractivity contribution in [2.75, 3.05) is 18.8 Å². The van der Waals surface area contributed by atoms with Gasteiger partial charge in [0.2, 0.25) is 0 Å². The molecule has 0 rings (SSSR count). The Morgan fingerprint density at radius 2 is 1.46 bits per heavy atom. The Labute approximate surface area is 89.1 Å². The van der Waals surface area contributed by atoms with Crippen molar-refractivity contribution in [2.24, 2.45) is 0 Å². The van der Waals surface area contributed by atoms with E-state index in [1.807, 2.05) is 0 Å². The maximum absolute atomic E-state index is 4.19. The van der Waals surface area contributed by atoms with Gasteiger partial charge in [-0.25, -0.2) is 0 Å². The molecule has 0 aliphatic carbocycles. The van der Waals surface area contributed by atoms with Crippen LogP contribution in [0.4, 0.5) is 0 Å². The summed E-state index contributed by atoms with van der Waals surface area (Å²) in [6.07, 6.45) is 9.35. The number of thiol groups is 1. The lowest BCUT2D eigenvalue weighted by Crippen LogP contribution is -2.16. The summed E-state index contributed by atoms with van der Waals surface area (Å²) in [5.74, 6) is 1.05. The minimum Gasteiger partial charge on any atom is -0.317 e. The molecule has 0 unspecified atom stereocenters. The van der Waals surface area contributed by atoms with Crippen molar-refractivity contribution < 1.29 is 0 Å². The predicted molar refractivity (Wildman–Crippen MR) is 64.7 cm³/mol. The summed E-state index contributed by atoms with van der Waals surface area (Å²) in [7, 11) is 0. The second-order valence-corrected chi connectivity index (χ2v) is 4.04. The first-order chi connectivity index (χ1) is 6.41. The SMILES string of the molecule is CCCCCNCCCCCCS. The van der Waals surface area contributed by atoms with E-state index in [2.05, 4.69) is 24.9 Å². The second kappa shape index (κ2) is 12.3. The number of nitrogens with one attached hydrogen (secondary N) is 1. The molecule has 0 spiro atoms. The molecule has 0 saturated carbocycles. The molecule has 0 radical (unpaired) electrons. The van der Waals surface area contributed by atoms with Crippen LogP contribution in [0.5, 0.6) is 0 Å². The van der Waals surface area contributed by atoms with Crippen LogP contribution >= 0.6 is 12.6 Å². The van der Waals surface area contributed by atoms with E-state index in [1.54, 1.807) is 0 Å². The van der Waals surface area contributed by atoms with Crippen LogP contribution in [0, 0.1) is 0 Å². The Morgan fingerprint density at radius 3 is 2.08 bits per heavy atom. The van der Waals surface area contributed by atoms with Gasteiger partial charge in [-0.3, -0.25) is 0 Å². The molecule has 0 aliphatic rings. The van der Waals surface area contributed by atoms with Crippen LogP contribution < -0.4 is 5.32 Å². The fourth-order valence-corrected chi connectivity index (χ4v) is 1.56. The van der Waals surface area contributed by atoms with Gasteiger partial charge in [0, 0.05) is 0 Å². The predicted octanol–water partition coefficient (Wildman–Crippen LogP) is 3.26. The van der Waals surface area contributed by atoms with E-state index >= 15 is 0 Å². The van der Waals surface area contributed by atoms with Gasteiger partial charge in [0.1, 0.15) is 0 Å². The molecular weight excluding hydrogens is 178 g/mol. The Hall–Kier alpha value is 0.310. The quantitative estimate of drug-likeness (QED) is 0.410. The summed E-state index contributed by atoms with van der Waals surface area (Å²) in [4.78, 5) is 0. The third-order valence-electron chi connectivity index (χ3n) is 2.22. The maximum Gasteiger partial charge on any atom is -0.00489 e. The molecule has 0 fully saturated rings. The molecule has 0 aliphatic heterocycles. The van der Waals surface area contributed by atoms with Crippen LogP contribution in [0.25, 0.3) is 0 Å². The van der Waals surface area contributed by atoms with Crippen molar-refractivity contribution in [1.82, 2.24) is 5.32 Å². The normalized spacial score (nSPS) is 10.6. The molecule has 0 atom stereocenters. The van der Waals surface area contributed by atoms with Gasteiger partial charge < -0.3 is 5.32 Å². The monoisotopic (exact) mass is 203 g/mol. The fraction of sp³-hybridized carbons (Fsp3) is 1.00. The van der Waals surface area contributed by atoms with Crippen molar-refractivity contribution in [3.8, 4) is 0 Å². The Kier molecular flexibility index (Phi) is 12.6. The van der Waals surface area contributed by atoms with Crippen molar-refractivity contribution in [1.29, 1.82) is 0 Å². The average Bonchev–Trinajstić information content (AvgIpc) is 2.16. The van der Waals surface area contributed by atoms with Crippen LogP contribution in [-0.4, -0.2) is 18.8 Å². The highest BCUT2D eigenvalue weighted by atomic mass is 32.1. The third-order valence-corrected chi connectivity index (χ3v) is 2.54. The minimum absolute atomic E-state index is 1.05. The van der Waals surface area contributed by atoms with Gasteiger partial charge in [-0.1, -0.05) is 32.6 Å². The number of hydrogen-bond acceptors (Lipinski definition) is 2. The van der Waals surface area contributed by atoms with E-state index in [0.29, 0.717) is 0 Å². The fourth-order valence-electron chi connectivity index (χ4n) is 1.34. The highest BCUT2D eigenvalue weighted by Gasteiger charge is 1.89. The van der Waals surface area contributed by atoms with E-state index in [-0.39, 0.29) is 0 Å². The van der Waals surface area contributed by atoms with E-state index in [0.717, 1.165) is 5.75 Å². The van der Waals surface area contributed by atoms with Crippen molar-refractivity contribution in [3.05, 3.63) is 0 Å². The zero-order chi connectivity index (χ0) is 9.78. The van der Waals surface area contributed by atoms with E-state index in [1.165, 1.54) is 58.0 Å². The average molecular weight is 203 g/mol. The molecule has 2 heteroatoms. The van der Waals surface area contributed by atoms with E-state index in [4.69, 9.17) is 0 Å². The molecule has 0 aromatic rings. The summed E-state index contributed by atoms with van der Waals surface area (Å²) in [5, 5.41) is 3.48. The molecule has 0 aromatic carbocycles. The van der Waals surface area contributed by atoms with Gasteiger partial charge in [-0.2, -0.15) is 12.6 Å². The number of rotatable bonds is 10. The summed E-state index contributed by atoms with van der Waals surface area (Å²) in [6.45, 7) is 4.66. The second-order valence-electron chi connectivity index (χ2n) is 3.59. The molecule has 0 bridgehead atoms. The summed E-state index contributed by atoms with van der Waals surface area (Å²) in [6, 6.07) is 0. The number of hydrogen-bond donors (Lipinski definition) is 2. The summed E-state index contributed by atoms with van der Waals surface area (Å²) in [5.41, 5.74) is 0. The molecule has 1 N–H and O–H groups in total. The first kappa shape index (κ1) is 13.3. The third kappa shape index (κ3) is 12.3. The number of unbranched alkanes of at least 4 members (excludes halogenated alkanes) is 5. The first-order valence-electron chi connectivity index (χ1n) is 5.73. The lowest BCUT2D eigenvalue weighted by Gasteiger charge is -2.03. The van der Waals surface area contributed by atoms with Crippen molar-refractivity contribution >= 4 is 12.6 Å². The van der Waals surface area contributed by atoms with Crippen molar-refractivity contribution in [2.45, 2.75) is 51.9 Å². The zero-order valence-corrected chi connectivity index (χ0v) is 9.91. The Bertz CT molecular complexity index is 76.2. The molecule has 0 amide bonds. The Morgan fingerprint density at radius 1 is 0.846 bits per heavy atom. The molecular formula is C11H25NS. The highest BCUT2D eigenvalue weighted by Crippen LogP contribution is 1.99. The van der Waals surface area contributed by atoms with E-state index in [9.17, 15) is 0 Å². The first-order valence-corrected chi connectivity index (χ1v) is 6.36. The zero-order valence-electron chi connectivity index (χ0n) is 9.02. The molecule has 1 nitrogen and oxygen atoms in total. The molecule has 80 valence electrons. The molecule has 0 saturated heterocycles. The highest BCUT2D eigenvalue weighted by molar-refractivity contribution is 7.80.